The van der Waals surface area contributed by atoms with E-state index in [0.717, 1.165) is 22.0 Å². The van der Waals surface area contributed by atoms with Crippen LogP contribution in [0.25, 0.3) is 21.9 Å². The van der Waals surface area contributed by atoms with Gasteiger partial charge in [0.2, 0.25) is 5.91 Å². The highest BCUT2D eigenvalue weighted by atomic mass is 16.5. The molecule has 154 valence electrons. The molecule has 30 heavy (non-hydrogen) atoms. The molecule has 0 aliphatic rings. The van der Waals surface area contributed by atoms with E-state index >= 15 is 0 Å². The first-order valence-corrected chi connectivity index (χ1v) is 9.89. The highest BCUT2D eigenvalue weighted by Gasteiger charge is 2.18. The molecule has 4 aromatic rings. The van der Waals surface area contributed by atoms with Crippen LogP contribution in [0.15, 0.2) is 65.1 Å². The van der Waals surface area contributed by atoms with E-state index in [4.69, 9.17) is 13.9 Å². The number of carbonyl (C=O) groups is 1. The second-order valence-corrected chi connectivity index (χ2v) is 6.93. The van der Waals surface area contributed by atoms with E-state index in [1.165, 1.54) is 0 Å². The van der Waals surface area contributed by atoms with Gasteiger partial charge in [0.1, 0.15) is 28.7 Å². The smallest absolute Gasteiger partial charge is 0.246 e. The van der Waals surface area contributed by atoms with Crippen LogP contribution in [0.1, 0.15) is 13.8 Å². The molecule has 2 N–H and O–H groups in total. The van der Waals surface area contributed by atoms with E-state index in [2.05, 4.69) is 10.6 Å². The van der Waals surface area contributed by atoms with Crippen LogP contribution in [0, 0.1) is 0 Å². The Balaban J connectivity index is 1.58. The van der Waals surface area contributed by atoms with Crippen molar-refractivity contribution in [2.24, 2.45) is 0 Å². The van der Waals surface area contributed by atoms with Crippen molar-refractivity contribution < 1.29 is 18.7 Å². The van der Waals surface area contributed by atoms with Gasteiger partial charge in [0.25, 0.3) is 0 Å². The van der Waals surface area contributed by atoms with Crippen LogP contribution in [-0.2, 0) is 4.79 Å². The highest BCUT2D eigenvalue weighted by Crippen LogP contribution is 2.36. The molecule has 4 rings (SSSR count). The molecule has 0 bridgehead atoms. The van der Waals surface area contributed by atoms with Crippen LogP contribution in [-0.4, -0.2) is 25.7 Å². The SMILES string of the molecule is CCOc1ccccc1NC(C)C(=O)Nc1cc2oc3ccccc3c2cc1OC. The van der Waals surface area contributed by atoms with Gasteiger partial charge in [-0.15, -0.1) is 0 Å². The van der Waals surface area contributed by atoms with Gasteiger partial charge in [-0.3, -0.25) is 4.79 Å². The summed E-state index contributed by atoms with van der Waals surface area (Å²) in [5, 5.41) is 8.10. The van der Waals surface area contributed by atoms with Crippen LogP contribution in [0.3, 0.4) is 0 Å². The van der Waals surface area contributed by atoms with Gasteiger partial charge in [0, 0.05) is 16.8 Å². The fourth-order valence-corrected chi connectivity index (χ4v) is 3.43. The summed E-state index contributed by atoms with van der Waals surface area (Å²) in [6, 6.07) is 18.6. The second kappa shape index (κ2) is 8.37. The van der Waals surface area contributed by atoms with Gasteiger partial charge in [-0.2, -0.15) is 0 Å². The summed E-state index contributed by atoms with van der Waals surface area (Å²) in [6.07, 6.45) is 0. The summed E-state index contributed by atoms with van der Waals surface area (Å²) in [7, 11) is 1.58. The average Bonchev–Trinajstić information content (AvgIpc) is 3.12. The summed E-state index contributed by atoms with van der Waals surface area (Å²) in [4.78, 5) is 12.9. The second-order valence-electron chi connectivity index (χ2n) is 6.93. The quantitative estimate of drug-likeness (QED) is 0.430. The molecule has 3 aromatic carbocycles. The van der Waals surface area contributed by atoms with Gasteiger partial charge >= 0.3 is 0 Å². The maximum atomic E-state index is 12.9. The number of para-hydroxylation sites is 3. The first kappa shape index (κ1) is 19.6. The average molecular weight is 404 g/mol. The predicted octanol–water partition coefficient (Wildman–Crippen LogP) is 5.43. The fraction of sp³-hybridized carbons (Fsp3) is 0.208. The molecular weight excluding hydrogens is 380 g/mol. The molecule has 1 aromatic heterocycles. The van der Waals surface area contributed by atoms with Crippen molar-refractivity contribution in [2.75, 3.05) is 24.4 Å². The van der Waals surface area contributed by atoms with Crippen molar-refractivity contribution in [1.82, 2.24) is 0 Å². The minimum absolute atomic E-state index is 0.199. The Morgan fingerprint density at radius 2 is 1.73 bits per heavy atom. The zero-order valence-corrected chi connectivity index (χ0v) is 17.2. The van der Waals surface area contributed by atoms with E-state index in [1.54, 1.807) is 20.1 Å². The van der Waals surface area contributed by atoms with Crippen molar-refractivity contribution in [3.05, 3.63) is 60.7 Å². The lowest BCUT2D eigenvalue weighted by molar-refractivity contribution is -0.116. The van der Waals surface area contributed by atoms with E-state index < -0.39 is 6.04 Å². The van der Waals surface area contributed by atoms with Crippen LogP contribution in [0.4, 0.5) is 11.4 Å². The van der Waals surface area contributed by atoms with Crippen molar-refractivity contribution >= 4 is 39.2 Å². The van der Waals surface area contributed by atoms with Crippen molar-refractivity contribution in [2.45, 2.75) is 19.9 Å². The molecular formula is C24H24N2O4. The zero-order valence-electron chi connectivity index (χ0n) is 17.2. The topological polar surface area (TPSA) is 72.7 Å². The Kier molecular flexibility index (Phi) is 5.48. The Bertz CT molecular complexity index is 1200. The van der Waals surface area contributed by atoms with E-state index in [9.17, 15) is 4.79 Å². The number of ether oxygens (including phenoxy) is 2. The number of furan rings is 1. The maximum Gasteiger partial charge on any atom is 0.246 e. The number of hydrogen-bond donors (Lipinski definition) is 2. The molecule has 0 aliphatic heterocycles. The molecule has 0 aliphatic carbocycles. The summed E-state index contributed by atoms with van der Waals surface area (Å²) < 4.78 is 17.1. The monoisotopic (exact) mass is 404 g/mol. The first-order chi connectivity index (χ1) is 14.6. The van der Waals surface area contributed by atoms with E-state index in [-0.39, 0.29) is 5.91 Å². The van der Waals surface area contributed by atoms with Crippen molar-refractivity contribution in [3.63, 3.8) is 0 Å². The maximum absolute atomic E-state index is 12.9. The minimum atomic E-state index is -0.498. The number of nitrogens with one attached hydrogen (secondary N) is 2. The Morgan fingerprint density at radius 3 is 2.53 bits per heavy atom. The van der Waals surface area contributed by atoms with Crippen LogP contribution in [0.2, 0.25) is 0 Å². The number of rotatable bonds is 7. The number of benzene rings is 3. The lowest BCUT2D eigenvalue weighted by atomic mass is 10.1. The normalized spacial score (nSPS) is 12.0. The summed E-state index contributed by atoms with van der Waals surface area (Å²) in [5.41, 5.74) is 2.80. The molecule has 0 saturated heterocycles. The standard InChI is InChI=1S/C24H24N2O4/c1-4-29-21-12-8-6-10-18(21)25-15(2)24(27)26-19-14-22-17(13-23(19)28-3)16-9-5-7-11-20(16)30-22/h5-15,25H,4H2,1-3H3,(H,26,27). The lowest BCUT2D eigenvalue weighted by Crippen LogP contribution is -2.32. The van der Waals surface area contributed by atoms with Crippen molar-refractivity contribution in [3.8, 4) is 11.5 Å². The number of anilines is 2. The lowest BCUT2D eigenvalue weighted by Gasteiger charge is -2.18. The molecule has 0 fully saturated rings. The Morgan fingerprint density at radius 1 is 0.967 bits per heavy atom. The summed E-state index contributed by atoms with van der Waals surface area (Å²) in [6.45, 7) is 4.27. The molecule has 0 saturated carbocycles. The van der Waals surface area contributed by atoms with Crippen molar-refractivity contribution in [1.29, 1.82) is 0 Å². The molecule has 6 heteroatoms. The van der Waals surface area contributed by atoms with Gasteiger partial charge in [-0.25, -0.2) is 0 Å². The Hall–Kier alpha value is -3.67. The molecule has 0 spiro atoms. The third-order valence-electron chi connectivity index (χ3n) is 4.91. The van der Waals surface area contributed by atoms with Crippen LogP contribution in [0.5, 0.6) is 11.5 Å². The molecule has 1 atom stereocenters. The fourth-order valence-electron chi connectivity index (χ4n) is 3.43. The van der Waals surface area contributed by atoms with Crippen LogP contribution < -0.4 is 20.1 Å². The number of amides is 1. The van der Waals surface area contributed by atoms with E-state index in [0.29, 0.717) is 29.4 Å². The number of methoxy groups -OCH3 is 1. The zero-order chi connectivity index (χ0) is 21.1. The molecule has 1 amide bonds. The van der Waals surface area contributed by atoms with E-state index in [1.807, 2.05) is 61.5 Å². The van der Waals surface area contributed by atoms with Gasteiger partial charge < -0.3 is 24.5 Å². The highest BCUT2D eigenvalue weighted by molar-refractivity contribution is 6.08. The first-order valence-electron chi connectivity index (χ1n) is 9.89. The molecule has 1 unspecified atom stereocenters. The summed E-state index contributed by atoms with van der Waals surface area (Å²) in [5.74, 6) is 1.08. The van der Waals surface area contributed by atoms with Crippen LogP contribution >= 0.6 is 0 Å². The van der Waals surface area contributed by atoms with Gasteiger partial charge in [0.05, 0.1) is 25.1 Å². The largest absolute Gasteiger partial charge is 0.495 e. The molecule has 1 heterocycles. The predicted molar refractivity (Wildman–Crippen MR) is 120 cm³/mol. The third kappa shape index (κ3) is 3.76. The molecule has 6 nitrogen and oxygen atoms in total. The molecule has 0 radical (unpaired) electrons. The summed E-state index contributed by atoms with van der Waals surface area (Å²) >= 11 is 0. The van der Waals surface area contributed by atoms with Gasteiger partial charge in [-0.05, 0) is 38.1 Å². The number of carbonyl (C=O) groups excluding carboxylic acids is 1. The van der Waals surface area contributed by atoms with Gasteiger partial charge in [-0.1, -0.05) is 30.3 Å². The number of hydrogen-bond acceptors (Lipinski definition) is 5. The third-order valence-corrected chi connectivity index (χ3v) is 4.91. The van der Waals surface area contributed by atoms with Gasteiger partial charge in [0.15, 0.2) is 0 Å². The Labute approximate surface area is 174 Å². The minimum Gasteiger partial charge on any atom is -0.495 e. The number of fused-ring (bicyclic) bond motifs is 3.